The fourth-order valence-corrected chi connectivity index (χ4v) is 4.26. The normalized spacial score (nSPS) is 21.8. The Morgan fingerprint density at radius 2 is 1.16 bits per heavy atom. The molecule has 1 aliphatic rings. The summed E-state index contributed by atoms with van der Waals surface area (Å²) >= 11 is 6.52. The zero-order chi connectivity index (χ0) is 13.8. The van der Waals surface area contributed by atoms with Gasteiger partial charge in [-0.2, -0.15) is 24.4 Å². The molecule has 1 heterocycles. The van der Waals surface area contributed by atoms with Crippen LogP contribution in [-0.2, 0) is 0 Å². The number of hydrogen-bond donors (Lipinski definition) is 1. The topological polar surface area (TPSA) is 0 Å². The molecule has 0 aromatic rings. The molecule has 1 saturated heterocycles. The third kappa shape index (κ3) is 10.1. The molecule has 0 bridgehead atoms. The summed E-state index contributed by atoms with van der Waals surface area (Å²) in [6.45, 7) is 2.30. The van der Waals surface area contributed by atoms with E-state index < -0.39 is 0 Å². The van der Waals surface area contributed by atoms with E-state index in [4.69, 9.17) is 0 Å². The quantitative estimate of drug-likeness (QED) is 0.217. The van der Waals surface area contributed by atoms with Crippen molar-refractivity contribution in [2.24, 2.45) is 0 Å². The Balaban J connectivity index is 1.76. The van der Waals surface area contributed by atoms with E-state index in [1.54, 1.807) is 0 Å². The first-order valence-electron chi connectivity index (χ1n) is 8.64. The van der Waals surface area contributed by atoms with Gasteiger partial charge < -0.3 is 0 Å². The van der Waals surface area contributed by atoms with Crippen molar-refractivity contribution < 1.29 is 0 Å². The van der Waals surface area contributed by atoms with Crippen LogP contribution >= 0.6 is 24.4 Å². The van der Waals surface area contributed by atoms with Crippen molar-refractivity contribution >= 4 is 24.4 Å². The zero-order valence-corrected chi connectivity index (χ0v) is 14.6. The van der Waals surface area contributed by atoms with Gasteiger partial charge in [0.05, 0.1) is 0 Å². The molecule has 19 heavy (non-hydrogen) atoms. The lowest BCUT2D eigenvalue weighted by Gasteiger charge is -2.01. The van der Waals surface area contributed by atoms with Gasteiger partial charge in [0.25, 0.3) is 0 Å². The second-order valence-electron chi connectivity index (χ2n) is 6.05. The fraction of sp³-hybridized carbons (Fsp3) is 1.00. The number of thioether (sulfide) groups is 1. The minimum atomic E-state index is 1.04. The predicted octanol–water partition coefficient (Wildman–Crippen LogP) is 6.49. The smallest absolute Gasteiger partial charge is 0.0169 e. The van der Waals surface area contributed by atoms with Gasteiger partial charge in [0.1, 0.15) is 0 Å². The molecule has 0 aromatic carbocycles. The summed E-state index contributed by atoms with van der Waals surface area (Å²) in [5.74, 6) is 1.07. The van der Waals surface area contributed by atoms with Crippen molar-refractivity contribution in [2.45, 2.75) is 101 Å². The van der Waals surface area contributed by atoms with Gasteiger partial charge in [-0.15, -0.1) is 0 Å². The van der Waals surface area contributed by atoms with Gasteiger partial charge in [0.15, 0.2) is 0 Å². The summed E-state index contributed by atoms with van der Waals surface area (Å²) in [5.41, 5.74) is 0. The molecule has 0 aromatic heterocycles. The highest BCUT2D eigenvalue weighted by molar-refractivity contribution is 8.07. The number of hydrogen-bond acceptors (Lipinski definition) is 2. The summed E-state index contributed by atoms with van der Waals surface area (Å²) < 4.78 is 0. The lowest BCUT2D eigenvalue weighted by molar-refractivity contribution is 0.571. The molecule has 0 saturated carbocycles. The first kappa shape index (κ1) is 17.8. The summed E-state index contributed by atoms with van der Waals surface area (Å²) in [6, 6.07) is 0. The molecule has 0 amide bonds. The third-order valence-electron chi connectivity index (χ3n) is 4.18. The van der Waals surface area contributed by atoms with Crippen LogP contribution in [0.3, 0.4) is 0 Å². The van der Waals surface area contributed by atoms with Crippen LogP contribution in [0.2, 0.25) is 0 Å². The molecule has 0 N–H and O–H groups in total. The molecule has 114 valence electrons. The second kappa shape index (κ2) is 12.4. The molecule has 1 rings (SSSR count). The molecular formula is C17H34S2. The summed E-state index contributed by atoms with van der Waals surface area (Å²) in [6.07, 6.45) is 18.8. The van der Waals surface area contributed by atoms with E-state index in [0.717, 1.165) is 16.3 Å². The van der Waals surface area contributed by atoms with Crippen molar-refractivity contribution in [1.29, 1.82) is 0 Å². The average molecular weight is 303 g/mol. The van der Waals surface area contributed by atoms with Gasteiger partial charge in [-0.1, -0.05) is 71.1 Å². The first-order valence-corrected chi connectivity index (χ1v) is 10.2. The summed E-state index contributed by atoms with van der Waals surface area (Å²) in [7, 11) is 0. The second-order valence-corrected chi connectivity index (χ2v) is 7.98. The minimum absolute atomic E-state index is 1.04. The van der Waals surface area contributed by atoms with E-state index in [1.165, 1.54) is 83.5 Å². The molecule has 1 fully saturated rings. The van der Waals surface area contributed by atoms with Gasteiger partial charge in [0, 0.05) is 10.5 Å². The van der Waals surface area contributed by atoms with Crippen molar-refractivity contribution in [3.05, 3.63) is 0 Å². The molecule has 0 spiro atoms. The first-order chi connectivity index (χ1) is 9.38. The molecule has 2 unspecified atom stereocenters. The molecule has 2 atom stereocenters. The highest BCUT2D eigenvalue weighted by atomic mass is 32.2. The number of rotatable bonds is 14. The lowest BCUT2D eigenvalue weighted by Crippen LogP contribution is -1.94. The molecule has 1 aliphatic heterocycles. The van der Waals surface area contributed by atoms with Crippen LogP contribution < -0.4 is 0 Å². The fourth-order valence-electron chi connectivity index (χ4n) is 2.80. The molecular weight excluding hydrogens is 268 g/mol. The van der Waals surface area contributed by atoms with E-state index in [2.05, 4.69) is 31.3 Å². The summed E-state index contributed by atoms with van der Waals surface area (Å²) in [5, 5.41) is 2.09. The largest absolute Gasteiger partial charge is 0.179 e. The van der Waals surface area contributed by atoms with Crippen molar-refractivity contribution in [3.63, 3.8) is 0 Å². The Morgan fingerprint density at radius 3 is 1.68 bits per heavy atom. The Bertz CT molecular complexity index is 174. The molecule has 0 nitrogen and oxygen atoms in total. The summed E-state index contributed by atoms with van der Waals surface area (Å²) in [4.78, 5) is 0. The standard InChI is InChI=1S/C17H34S2/c1-2-3-4-5-7-10-13-16-17(19-16)14-11-8-6-9-12-15-18/h16-18H,2-15H2,1H3. The molecule has 0 radical (unpaired) electrons. The van der Waals surface area contributed by atoms with E-state index in [9.17, 15) is 0 Å². The number of thiol groups is 1. The SMILES string of the molecule is CCCCCCCCC1SC1CCCCCCCS. The van der Waals surface area contributed by atoms with Gasteiger partial charge in [0.2, 0.25) is 0 Å². The van der Waals surface area contributed by atoms with Crippen LogP contribution in [0.15, 0.2) is 0 Å². The maximum absolute atomic E-state index is 4.26. The van der Waals surface area contributed by atoms with Crippen LogP contribution in [0.25, 0.3) is 0 Å². The van der Waals surface area contributed by atoms with Crippen molar-refractivity contribution in [2.75, 3.05) is 5.75 Å². The third-order valence-corrected chi connectivity index (χ3v) is 6.01. The Hall–Kier alpha value is 0.700. The number of unbranched alkanes of at least 4 members (excludes halogenated alkanes) is 9. The molecule has 2 heteroatoms. The van der Waals surface area contributed by atoms with Crippen LogP contribution in [0, 0.1) is 0 Å². The van der Waals surface area contributed by atoms with Crippen LogP contribution in [-0.4, -0.2) is 16.3 Å². The van der Waals surface area contributed by atoms with E-state index in [0.29, 0.717) is 0 Å². The van der Waals surface area contributed by atoms with Crippen molar-refractivity contribution in [3.8, 4) is 0 Å². The monoisotopic (exact) mass is 302 g/mol. The van der Waals surface area contributed by atoms with Crippen LogP contribution in [0.4, 0.5) is 0 Å². The Morgan fingerprint density at radius 1 is 0.684 bits per heavy atom. The van der Waals surface area contributed by atoms with Gasteiger partial charge in [-0.05, 0) is 25.0 Å². The Kier molecular flexibility index (Phi) is 11.6. The lowest BCUT2D eigenvalue weighted by atomic mass is 10.0. The van der Waals surface area contributed by atoms with Gasteiger partial charge >= 0.3 is 0 Å². The minimum Gasteiger partial charge on any atom is -0.179 e. The maximum Gasteiger partial charge on any atom is 0.0169 e. The zero-order valence-electron chi connectivity index (χ0n) is 12.9. The maximum atomic E-state index is 4.26. The van der Waals surface area contributed by atoms with Gasteiger partial charge in [-0.25, -0.2) is 0 Å². The average Bonchev–Trinajstić information content (AvgIpc) is 3.16. The van der Waals surface area contributed by atoms with E-state index in [-0.39, 0.29) is 0 Å². The predicted molar refractivity (Wildman–Crippen MR) is 94.7 cm³/mol. The Labute approximate surface area is 131 Å². The highest BCUT2D eigenvalue weighted by Crippen LogP contribution is 2.47. The van der Waals surface area contributed by atoms with Gasteiger partial charge in [-0.3, -0.25) is 0 Å². The van der Waals surface area contributed by atoms with Crippen molar-refractivity contribution in [1.82, 2.24) is 0 Å². The molecule has 0 aliphatic carbocycles. The van der Waals surface area contributed by atoms with Crippen LogP contribution in [0.5, 0.6) is 0 Å². The van der Waals surface area contributed by atoms with Crippen LogP contribution in [0.1, 0.15) is 90.4 Å². The highest BCUT2D eigenvalue weighted by Gasteiger charge is 2.36. The van der Waals surface area contributed by atoms with E-state index >= 15 is 0 Å². The van der Waals surface area contributed by atoms with E-state index in [1.807, 2.05) is 0 Å².